The maximum Gasteiger partial charge on any atom is 0.346 e. The number of esters is 1. The first-order valence-corrected chi connectivity index (χ1v) is 8.89. The van der Waals surface area contributed by atoms with Gasteiger partial charge in [-0.25, -0.2) is 4.79 Å². The SMILES string of the molecule is COc1cc(C(=O)OC(C)C(=O)c2[nH]c(C)c(C(C)=O)c2C)c([N+](=O)[O-])cc1OC. The first-order chi connectivity index (χ1) is 14.0. The number of nitro groups is 1. The maximum absolute atomic E-state index is 12.8. The molecule has 2 rings (SSSR count). The smallest absolute Gasteiger partial charge is 0.346 e. The molecule has 10 nitrogen and oxygen atoms in total. The number of rotatable bonds is 8. The Labute approximate surface area is 172 Å². The van der Waals surface area contributed by atoms with Crippen LogP contribution in [0.1, 0.15) is 56.3 Å². The van der Waals surface area contributed by atoms with Gasteiger partial charge in [0.05, 0.1) is 30.9 Å². The van der Waals surface area contributed by atoms with E-state index in [0.29, 0.717) is 16.8 Å². The lowest BCUT2D eigenvalue weighted by atomic mass is 10.0. The van der Waals surface area contributed by atoms with Gasteiger partial charge in [-0.15, -0.1) is 0 Å². The molecule has 1 N–H and O–H groups in total. The first kappa shape index (κ1) is 22.6. The highest BCUT2D eigenvalue weighted by atomic mass is 16.6. The summed E-state index contributed by atoms with van der Waals surface area (Å²) in [6.45, 7) is 6.00. The Morgan fingerprint density at radius 3 is 2.13 bits per heavy atom. The molecule has 0 amide bonds. The number of Topliss-reactive ketones (excluding diaryl/α,β-unsaturated/α-hetero) is 2. The summed E-state index contributed by atoms with van der Waals surface area (Å²) >= 11 is 0. The molecule has 160 valence electrons. The van der Waals surface area contributed by atoms with Gasteiger partial charge in [0.15, 0.2) is 23.4 Å². The molecule has 1 heterocycles. The number of aromatic nitrogens is 1. The van der Waals surface area contributed by atoms with E-state index in [0.717, 1.165) is 12.1 Å². The van der Waals surface area contributed by atoms with Gasteiger partial charge >= 0.3 is 5.97 Å². The second kappa shape index (κ2) is 8.76. The zero-order valence-corrected chi connectivity index (χ0v) is 17.4. The van der Waals surface area contributed by atoms with Crippen molar-refractivity contribution in [2.24, 2.45) is 0 Å². The average Bonchev–Trinajstić information content (AvgIpc) is 2.99. The lowest BCUT2D eigenvalue weighted by molar-refractivity contribution is -0.385. The summed E-state index contributed by atoms with van der Waals surface area (Å²) in [4.78, 5) is 50.6. The molecule has 0 aliphatic heterocycles. The Kier molecular flexibility index (Phi) is 6.60. The lowest BCUT2D eigenvalue weighted by Gasteiger charge is -2.14. The van der Waals surface area contributed by atoms with Crippen LogP contribution in [-0.4, -0.2) is 47.8 Å². The van der Waals surface area contributed by atoms with Crippen molar-refractivity contribution in [2.75, 3.05) is 14.2 Å². The highest BCUT2D eigenvalue weighted by molar-refractivity contribution is 6.06. The quantitative estimate of drug-likeness (QED) is 0.298. The van der Waals surface area contributed by atoms with Crippen LogP contribution in [0.4, 0.5) is 5.69 Å². The van der Waals surface area contributed by atoms with E-state index >= 15 is 0 Å². The number of ether oxygens (including phenoxy) is 3. The topological polar surface area (TPSA) is 138 Å². The monoisotopic (exact) mass is 418 g/mol. The second-order valence-corrected chi connectivity index (χ2v) is 6.57. The average molecular weight is 418 g/mol. The number of benzene rings is 1. The number of nitro benzene ring substituents is 1. The number of ketones is 2. The maximum atomic E-state index is 12.8. The molecule has 0 radical (unpaired) electrons. The molecule has 2 aromatic rings. The van der Waals surface area contributed by atoms with E-state index in [1.165, 1.54) is 28.1 Å². The van der Waals surface area contributed by atoms with E-state index in [1.807, 2.05) is 0 Å². The van der Waals surface area contributed by atoms with Crippen molar-refractivity contribution in [2.45, 2.75) is 33.8 Å². The van der Waals surface area contributed by atoms with Gasteiger partial charge in [-0.05, 0) is 33.3 Å². The Bertz CT molecular complexity index is 1040. The van der Waals surface area contributed by atoms with Crippen LogP contribution in [0.5, 0.6) is 11.5 Å². The molecule has 0 fully saturated rings. The number of methoxy groups -OCH3 is 2. The molecule has 1 aromatic carbocycles. The minimum atomic E-state index is -1.26. The third kappa shape index (κ3) is 4.17. The van der Waals surface area contributed by atoms with Crippen LogP contribution < -0.4 is 9.47 Å². The van der Waals surface area contributed by atoms with E-state index in [1.54, 1.807) is 13.8 Å². The van der Waals surface area contributed by atoms with Crippen LogP contribution in [0.2, 0.25) is 0 Å². The van der Waals surface area contributed by atoms with E-state index in [-0.39, 0.29) is 28.5 Å². The predicted octanol–water partition coefficient (Wildman–Crippen LogP) is 3.19. The number of hydrogen-bond donors (Lipinski definition) is 1. The van der Waals surface area contributed by atoms with Crippen LogP contribution in [0.15, 0.2) is 12.1 Å². The predicted molar refractivity (Wildman–Crippen MR) is 106 cm³/mol. The molecule has 0 aliphatic carbocycles. The summed E-state index contributed by atoms with van der Waals surface area (Å²) in [5, 5.41) is 11.4. The zero-order valence-electron chi connectivity index (χ0n) is 17.4. The Morgan fingerprint density at radius 2 is 1.67 bits per heavy atom. The fraction of sp³-hybridized carbons (Fsp3) is 0.350. The summed E-state index contributed by atoms with van der Waals surface area (Å²) < 4.78 is 15.3. The Hall–Kier alpha value is -3.69. The van der Waals surface area contributed by atoms with E-state index in [4.69, 9.17) is 14.2 Å². The third-order valence-electron chi connectivity index (χ3n) is 4.61. The normalized spacial score (nSPS) is 11.5. The standard InChI is InChI=1S/C20H22N2O8/c1-9-17(11(3)23)10(2)21-18(9)19(24)12(4)30-20(25)13-7-15(28-5)16(29-6)8-14(13)22(26)27/h7-8,12,21H,1-6H3. The van der Waals surface area contributed by atoms with Crippen molar-refractivity contribution in [3.8, 4) is 11.5 Å². The van der Waals surface area contributed by atoms with Gasteiger partial charge < -0.3 is 19.2 Å². The van der Waals surface area contributed by atoms with Crippen LogP contribution in [0.3, 0.4) is 0 Å². The zero-order chi connectivity index (χ0) is 22.7. The minimum absolute atomic E-state index is 0.0686. The number of aryl methyl sites for hydroxylation is 1. The van der Waals surface area contributed by atoms with Gasteiger partial charge in [0, 0.05) is 17.3 Å². The molecule has 0 saturated heterocycles. The van der Waals surface area contributed by atoms with Gasteiger partial charge in [0.25, 0.3) is 5.69 Å². The molecule has 0 aliphatic rings. The number of aromatic amines is 1. The van der Waals surface area contributed by atoms with E-state index in [9.17, 15) is 24.5 Å². The molecule has 10 heteroatoms. The molecular formula is C20H22N2O8. The van der Waals surface area contributed by atoms with Crippen LogP contribution >= 0.6 is 0 Å². The fourth-order valence-corrected chi connectivity index (χ4v) is 3.19. The van der Waals surface area contributed by atoms with Crippen LogP contribution in [-0.2, 0) is 4.74 Å². The first-order valence-electron chi connectivity index (χ1n) is 8.89. The van der Waals surface area contributed by atoms with Gasteiger partial charge in [0.2, 0.25) is 5.78 Å². The van der Waals surface area contributed by atoms with Gasteiger partial charge in [-0.2, -0.15) is 0 Å². The number of hydrogen-bond acceptors (Lipinski definition) is 8. The summed E-state index contributed by atoms with van der Waals surface area (Å²) in [5.74, 6) is -1.68. The third-order valence-corrected chi connectivity index (χ3v) is 4.61. The van der Waals surface area contributed by atoms with Crippen molar-refractivity contribution < 1.29 is 33.5 Å². The lowest BCUT2D eigenvalue weighted by Crippen LogP contribution is -2.25. The summed E-state index contributed by atoms with van der Waals surface area (Å²) in [5.41, 5.74) is 0.568. The second-order valence-electron chi connectivity index (χ2n) is 6.57. The number of nitrogens with zero attached hydrogens (tertiary/aromatic N) is 1. The Morgan fingerprint density at radius 1 is 1.10 bits per heavy atom. The molecule has 0 spiro atoms. The highest BCUT2D eigenvalue weighted by Gasteiger charge is 2.30. The van der Waals surface area contributed by atoms with Crippen molar-refractivity contribution in [1.29, 1.82) is 0 Å². The summed E-state index contributed by atoms with van der Waals surface area (Å²) in [6, 6.07) is 2.16. The number of carbonyl (C=O) groups excluding carboxylic acids is 3. The molecule has 1 unspecified atom stereocenters. The largest absolute Gasteiger partial charge is 0.493 e. The summed E-state index contributed by atoms with van der Waals surface area (Å²) in [7, 11) is 2.62. The van der Waals surface area contributed by atoms with Gasteiger partial charge in [-0.1, -0.05) is 0 Å². The number of nitrogens with one attached hydrogen (secondary N) is 1. The molecule has 1 atom stereocenters. The van der Waals surface area contributed by atoms with Crippen molar-refractivity contribution in [1.82, 2.24) is 4.98 Å². The van der Waals surface area contributed by atoms with E-state index < -0.39 is 28.5 Å². The molecule has 0 saturated carbocycles. The van der Waals surface area contributed by atoms with Gasteiger partial charge in [-0.3, -0.25) is 19.7 Å². The van der Waals surface area contributed by atoms with Crippen LogP contribution in [0.25, 0.3) is 0 Å². The van der Waals surface area contributed by atoms with Crippen LogP contribution in [0, 0.1) is 24.0 Å². The molecule has 30 heavy (non-hydrogen) atoms. The Balaban J connectivity index is 2.36. The minimum Gasteiger partial charge on any atom is -0.493 e. The molecule has 0 bridgehead atoms. The highest BCUT2D eigenvalue weighted by Crippen LogP contribution is 2.35. The number of H-pyrrole nitrogens is 1. The van der Waals surface area contributed by atoms with Crippen molar-refractivity contribution in [3.63, 3.8) is 0 Å². The van der Waals surface area contributed by atoms with Gasteiger partial charge in [0.1, 0.15) is 5.56 Å². The molecular weight excluding hydrogens is 396 g/mol. The number of carbonyl (C=O) groups is 3. The molecule has 1 aromatic heterocycles. The van der Waals surface area contributed by atoms with Crippen molar-refractivity contribution >= 4 is 23.2 Å². The van der Waals surface area contributed by atoms with E-state index in [2.05, 4.69) is 4.98 Å². The summed E-state index contributed by atoms with van der Waals surface area (Å²) in [6.07, 6.45) is -1.26. The fourth-order valence-electron chi connectivity index (χ4n) is 3.19. The van der Waals surface area contributed by atoms with Crippen molar-refractivity contribution in [3.05, 3.63) is 50.3 Å².